The van der Waals surface area contributed by atoms with E-state index in [1.807, 2.05) is 18.2 Å². The highest BCUT2D eigenvalue weighted by atomic mass is 32.2. The summed E-state index contributed by atoms with van der Waals surface area (Å²) in [7, 11) is 3.16. The zero-order valence-electron chi connectivity index (χ0n) is 16.8. The minimum absolute atomic E-state index is 0.361. The minimum atomic E-state index is -0.374. The maximum absolute atomic E-state index is 12.0. The van der Waals surface area contributed by atoms with Crippen LogP contribution in [0.25, 0.3) is 22.4 Å². The van der Waals surface area contributed by atoms with Crippen molar-refractivity contribution in [2.24, 2.45) is 0 Å². The molecule has 2 aromatic carbocycles. The number of hydrogen-bond acceptors (Lipinski definition) is 8. The van der Waals surface area contributed by atoms with E-state index in [9.17, 15) is 4.79 Å². The van der Waals surface area contributed by atoms with Crippen LogP contribution >= 0.6 is 11.8 Å². The Morgan fingerprint density at radius 1 is 0.967 bits per heavy atom. The van der Waals surface area contributed by atoms with E-state index < -0.39 is 0 Å². The van der Waals surface area contributed by atoms with Crippen LogP contribution in [0.2, 0.25) is 0 Å². The normalized spacial score (nSPS) is 11.0. The van der Waals surface area contributed by atoms with Gasteiger partial charge in [0.25, 0.3) is 5.22 Å². The molecule has 0 aliphatic rings. The van der Waals surface area contributed by atoms with Crippen LogP contribution in [0.1, 0.15) is 18.1 Å². The SMILES string of the molecule is CCc1ccc2c(CSc3nnc(-c4cc(OC)cc(OC)c4)o3)cc(=O)oc2c1. The lowest BCUT2D eigenvalue weighted by molar-refractivity contribution is 0.394. The third kappa shape index (κ3) is 4.18. The van der Waals surface area contributed by atoms with E-state index in [4.69, 9.17) is 18.3 Å². The number of aryl methyl sites for hydroxylation is 1. The van der Waals surface area contributed by atoms with Crippen molar-refractivity contribution in [3.8, 4) is 23.0 Å². The lowest BCUT2D eigenvalue weighted by Gasteiger charge is -2.06. The molecule has 0 fully saturated rings. The lowest BCUT2D eigenvalue weighted by Crippen LogP contribution is -2.00. The van der Waals surface area contributed by atoms with Gasteiger partial charge in [0.05, 0.1) is 14.2 Å². The molecule has 7 nitrogen and oxygen atoms in total. The monoisotopic (exact) mass is 424 g/mol. The Labute approximate surface area is 177 Å². The Morgan fingerprint density at radius 3 is 2.43 bits per heavy atom. The van der Waals surface area contributed by atoms with Crippen LogP contribution < -0.4 is 15.1 Å². The lowest BCUT2D eigenvalue weighted by atomic mass is 10.1. The molecule has 0 amide bonds. The van der Waals surface area contributed by atoms with Crippen LogP contribution in [0.5, 0.6) is 11.5 Å². The van der Waals surface area contributed by atoms with E-state index in [1.165, 1.54) is 17.8 Å². The Balaban J connectivity index is 1.58. The number of nitrogens with zero attached hydrogens (tertiary/aromatic N) is 2. The van der Waals surface area contributed by atoms with Crippen LogP contribution in [-0.2, 0) is 12.2 Å². The maximum Gasteiger partial charge on any atom is 0.336 e. The van der Waals surface area contributed by atoms with Crippen molar-refractivity contribution in [2.75, 3.05) is 14.2 Å². The van der Waals surface area contributed by atoms with E-state index in [-0.39, 0.29) is 5.63 Å². The van der Waals surface area contributed by atoms with Crippen molar-refractivity contribution >= 4 is 22.7 Å². The van der Waals surface area contributed by atoms with Gasteiger partial charge in [-0.3, -0.25) is 0 Å². The van der Waals surface area contributed by atoms with Gasteiger partial charge in [0.1, 0.15) is 17.1 Å². The Morgan fingerprint density at radius 2 is 1.73 bits per heavy atom. The van der Waals surface area contributed by atoms with E-state index in [0.29, 0.717) is 39.5 Å². The molecular weight excluding hydrogens is 404 g/mol. The molecule has 0 aliphatic heterocycles. The summed E-state index contributed by atoms with van der Waals surface area (Å²) < 4.78 is 21.7. The zero-order chi connectivity index (χ0) is 21.1. The first-order chi connectivity index (χ1) is 14.6. The number of benzene rings is 2. The van der Waals surface area contributed by atoms with Gasteiger partial charge < -0.3 is 18.3 Å². The first kappa shape index (κ1) is 20.0. The van der Waals surface area contributed by atoms with Crippen molar-refractivity contribution in [3.63, 3.8) is 0 Å². The molecule has 30 heavy (non-hydrogen) atoms. The number of rotatable bonds is 7. The number of fused-ring (bicyclic) bond motifs is 1. The first-order valence-electron chi connectivity index (χ1n) is 9.35. The van der Waals surface area contributed by atoms with Crippen molar-refractivity contribution < 1.29 is 18.3 Å². The second kappa shape index (κ2) is 8.62. The summed E-state index contributed by atoms with van der Waals surface area (Å²) in [5.41, 5.74) is 2.89. The summed E-state index contributed by atoms with van der Waals surface area (Å²) in [6, 6.07) is 12.8. The van der Waals surface area contributed by atoms with Crippen molar-refractivity contribution in [1.82, 2.24) is 10.2 Å². The largest absolute Gasteiger partial charge is 0.497 e. The van der Waals surface area contributed by atoms with E-state index in [0.717, 1.165) is 22.9 Å². The van der Waals surface area contributed by atoms with Gasteiger partial charge in [0.2, 0.25) is 5.89 Å². The second-order valence-corrected chi connectivity index (χ2v) is 7.46. The van der Waals surface area contributed by atoms with E-state index in [2.05, 4.69) is 17.1 Å². The molecule has 4 rings (SSSR count). The summed E-state index contributed by atoms with van der Waals surface area (Å²) in [6.45, 7) is 2.06. The Bertz CT molecular complexity index is 1230. The molecule has 0 aliphatic carbocycles. The smallest absolute Gasteiger partial charge is 0.336 e. The molecule has 0 bridgehead atoms. The number of ether oxygens (including phenoxy) is 2. The molecule has 0 unspecified atom stereocenters. The second-order valence-electron chi connectivity index (χ2n) is 6.54. The zero-order valence-corrected chi connectivity index (χ0v) is 17.6. The van der Waals surface area contributed by atoms with Gasteiger partial charge in [0, 0.05) is 28.8 Å². The first-order valence-corrected chi connectivity index (χ1v) is 10.3. The fourth-order valence-electron chi connectivity index (χ4n) is 3.07. The minimum Gasteiger partial charge on any atom is -0.497 e. The van der Waals surface area contributed by atoms with Crippen molar-refractivity contribution in [2.45, 2.75) is 24.3 Å². The summed E-state index contributed by atoms with van der Waals surface area (Å²) in [5.74, 6) is 2.12. The van der Waals surface area contributed by atoms with Crippen LogP contribution in [0, 0.1) is 0 Å². The van der Waals surface area contributed by atoms with Crippen LogP contribution in [0.3, 0.4) is 0 Å². The molecule has 8 heteroatoms. The molecule has 154 valence electrons. The number of aromatic nitrogens is 2. The highest BCUT2D eigenvalue weighted by Gasteiger charge is 2.14. The van der Waals surface area contributed by atoms with Crippen LogP contribution in [0.4, 0.5) is 0 Å². The third-order valence-corrected chi connectivity index (χ3v) is 5.53. The van der Waals surface area contributed by atoms with Gasteiger partial charge in [-0.2, -0.15) is 0 Å². The highest BCUT2D eigenvalue weighted by Crippen LogP contribution is 2.32. The van der Waals surface area contributed by atoms with E-state index >= 15 is 0 Å². The van der Waals surface area contributed by atoms with Gasteiger partial charge >= 0.3 is 5.63 Å². The van der Waals surface area contributed by atoms with Crippen molar-refractivity contribution in [1.29, 1.82) is 0 Å². The topological polar surface area (TPSA) is 87.6 Å². The van der Waals surface area contributed by atoms with Gasteiger partial charge in [0.15, 0.2) is 0 Å². The predicted molar refractivity (Wildman–Crippen MR) is 114 cm³/mol. The molecule has 0 saturated heterocycles. The fraction of sp³-hybridized carbons (Fsp3) is 0.227. The van der Waals surface area contributed by atoms with Gasteiger partial charge in [-0.1, -0.05) is 30.8 Å². The third-order valence-electron chi connectivity index (χ3n) is 4.66. The predicted octanol–water partition coefficient (Wildman–Crippen LogP) is 4.71. The average Bonchev–Trinajstić information content (AvgIpc) is 3.25. The molecule has 0 radical (unpaired) electrons. The average molecular weight is 424 g/mol. The molecule has 0 N–H and O–H groups in total. The molecule has 2 aromatic heterocycles. The van der Waals surface area contributed by atoms with E-state index in [1.54, 1.807) is 32.4 Å². The Hall–Kier alpha value is -3.26. The standard InChI is InChI=1S/C22H20N2O5S/c1-4-13-5-6-18-15(10-20(25)28-19(18)7-13)12-30-22-24-23-21(29-22)14-8-16(26-2)11-17(9-14)27-3/h5-11H,4,12H2,1-3H3. The fourth-order valence-corrected chi connectivity index (χ4v) is 3.82. The molecule has 0 spiro atoms. The van der Waals surface area contributed by atoms with Crippen molar-refractivity contribution in [3.05, 3.63) is 64.0 Å². The Kier molecular flexibility index (Phi) is 5.76. The van der Waals surface area contributed by atoms with Crippen LogP contribution in [-0.4, -0.2) is 24.4 Å². The quantitative estimate of drug-likeness (QED) is 0.311. The highest BCUT2D eigenvalue weighted by molar-refractivity contribution is 7.98. The van der Waals surface area contributed by atoms with Gasteiger partial charge in [-0.15, -0.1) is 10.2 Å². The van der Waals surface area contributed by atoms with Crippen LogP contribution in [0.15, 0.2) is 61.3 Å². The molecule has 2 heterocycles. The van der Waals surface area contributed by atoms with Gasteiger partial charge in [-0.05, 0) is 35.7 Å². The summed E-state index contributed by atoms with van der Waals surface area (Å²) in [6.07, 6.45) is 0.873. The van der Waals surface area contributed by atoms with Gasteiger partial charge in [-0.25, -0.2) is 4.79 Å². The maximum atomic E-state index is 12.0. The summed E-state index contributed by atoms with van der Waals surface area (Å²) in [5, 5.41) is 9.54. The molecule has 4 aromatic rings. The number of thioether (sulfide) groups is 1. The molecule has 0 atom stereocenters. The number of methoxy groups -OCH3 is 2. The molecule has 0 saturated carbocycles. The summed E-state index contributed by atoms with van der Waals surface area (Å²) in [4.78, 5) is 12.0. The summed E-state index contributed by atoms with van der Waals surface area (Å²) >= 11 is 1.36. The molecular formula is C22H20N2O5S. The number of hydrogen-bond donors (Lipinski definition) is 0.